The standard InChI is InChI=1S/C27H33N/c1-21(2)24-14-9-15-25(20-24)26(18-16-22-10-5-3-6-11-22)27(28)19-17-23-12-7-4-8-13-23/h3-15,20-21,26-27H,16-19,28H2,1-2H3/t26?,27-/m0/s1. The molecular weight excluding hydrogens is 338 g/mol. The zero-order valence-electron chi connectivity index (χ0n) is 17.2. The minimum atomic E-state index is 0.159. The average Bonchev–Trinajstić information content (AvgIpc) is 2.74. The van der Waals surface area contributed by atoms with Gasteiger partial charge in [0.05, 0.1) is 0 Å². The Morgan fingerprint density at radius 3 is 1.75 bits per heavy atom. The van der Waals surface area contributed by atoms with Crippen molar-refractivity contribution >= 4 is 0 Å². The second-order valence-electron chi connectivity index (χ2n) is 8.14. The van der Waals surface area contributed by atoms with Crippen molar-refractivity contribution < 1.29 is 0 Å². The predicted octanol–water partition coefficient (Wildman–Crippen LogP) is 6.49. The van der Waals surface area contributed by atoms with E-state index >= 15 is 0 Å². The summed E-state index contributed by atoms with van der Waals surface area (Å²) in [6.45, 7) is 4.51. The van der Waals surface area contributed by atoms with Gasteiger partial charge in [0.15, 0.2) is 0 Å². The molecule has 1 unspecified atom stereocenters. The number of aryl methyl sites for hydroxylation is 2. The van der Waals surface area contributed by atoms with Gasteiger partial charge in [0.2, 0.25) is 0 Å². The number of hydrogen-bond acceptors (Lipinski definition) is 1. The Bertz CT molecular complexity index is 823. The highest BCUT2D eigenvalue weighted by atomic mass is 14.6. The molecular formula is C27H33N. The Morgan fingerprint density at radius 2 is 1.18 bits per heavy atom. The lowest BCUT2D eigenvalue weighted by atomic mass is 9.83. The Balaban J connectivity index is 1.75. The molecule has 0 saturated carbocycles. The van der Waals surface area contributed by atoms with Gasteiger partial charge in [-0.25, -0.2) is 0 Å². The van der Waals surface area contributed by atoms with Crippen molar-refractivity contribution in [2.75, 3.05) is 0 Å². The van der Waals surface area contributed by atoms with Crippen LogP contribution in [0.1, 0.15) is 60.8 Å². The van der Waals surface area contributed by atoms with E-state index < -0.39 is 0 Å². The van der Waals surface area contributed by atoms with Crippen LogP contribution in [0.5, 0.6) is 0 Å². The SMILES string of the molecule is CC(C)c1cccc(C(CCc2ccccc2)[C@@H](N)CCc2ccccc2)c1. The van der Waals surface area contributed by atoms with Crippen molar-refractivity contribution in [1.29, 1.82) is 0 Å². The molecule has 0 amide bonds. The van der Waals surface area contributed by atoms with Crippen molar-refractivity contribution in [2.24, 2.45) is 5.73 Å². The summed E-state index contributed by atoms with van der Waals surface area (Å²) < 4.78 is 0. The average molecular weight is 372 g/mol. The van der Waals surface area contributed by atoms with E-state index in [0.29, 0.717) is 11.8 Å². The van der Waals surface area contributed by atoms with Crippen LogP contribution in [0, 0.1) is 0 Å². The molecule has 28 heavy (non-hydrogen) atoms. The number of nitrogens with two attached hydrogens (primary N) is 1. The van der Waals surface area contributed by atoms with Crippen LogP contribution < -0.4 is 5.73 Å². The van der Waals surface area contributed by atoms with Crippen LogP contribution in [-0.4, -0.2) is 6.04 Å². The first kappa shape index (κ1) is 20.4. The number of benzene rings is 3. The third-order valence-electron chi connectivity index (χ3n) is 5.72. The topological polar surface area (TPSA) is 26.0 Å². The molecule has 0 aliphatic carbocycles. The molecule has 3 rings (SSSR count). The maximum atomic E-state index is 6.79. The summed E-state index contributed by atoms with van der Waals surface area (Å²) in [6.07, 6.45) is 4.20. The zero-order chi connectivity index (χ0) is 19.8. The van der Waals surface area contributed by atoms with E-state index in [9.17, 15) is 0 Å². The lowest BCUT2D eigenvalue weighted by Gasteiger charge is -2.26. The van der Waals surface area contributed by atoms with Crippen LogP contribution in [0.4, 0.5) is 0 Å². The van der Waals surface area contributed by atoms with Gasteiger partial charge >= 0.3 is 0 Å². The fourth-order valence-electron chi connectivity index (χ4n) is 3.92. The van der Waals surface area contributed by atoms with Crippen molar-refractivity contribution in [3.8, 4) is 0 Å². The van der Waals surface area contributed by atoms with Crippen LogP contribution in [0.2, 0.25) is 0 Å². The molecule has 0 saturated heterocycles. The third-order valence-corrected chi connectivity index (χ3v) is 5.72. The van der Waals surface area contributed by atoms with Gasteiger partial charge in [-0.05, 0) is 59.8 Å². The van der Waals surface area contributed by atoms with Gasteiger partial charge in [-0.1, -0.05) is 98.8 Å². The lowest BCUT2D eigenvalue weighted by molar-refractivity contribution is 0.473. The molecule has 0 bridgehead atoms. The lowest BCUT2D eigenvalue weighted by Crippen LogP contribution is -2.29. The molecule has 0 fully saturated rings. The molecule has 0 aliphatic rings. The minimum Gasteiger partial charge on any atom is -0.327 e. The highest BCUT2D eigenvalue weighted by Crippen LogP contribution is 2.29. The van der Waals surface area contributed by atoms with Gasteiger partial charge in [-0.15, -0.1) is 0 Å². The first-order chi connectivity index (χ1) is 13.6. The van der Waals surface area contributed by atoms with Crippen LogP contribution in [0.3, 0.4) is 0 Å². The Kier molecular flexibility index (Phi) is 7.45. The molecule has 1 nitrogen and oxygen atoms in total. The van der Waals surface area contributed by atoms with E-state index in [4.69, 9.17) is 5.73 Å². The third kappa shape index (κ3) is 5.81. The monoisotopic (exact) mass is 371 g/mol. The highest BCUT2D eigenvalue weighted by molar-refractivity contribution is 5.30. The first-order valence-electron chi connectivity index (χ1n) is 10.6. The summed E-state index contributed by atoms with van der Waals surface area (Å²) in [5, 5.41) is 0. The molecule has 0 heterocycles. The van der Waals surface area contributed by atoms with Crippen LogP contribution in [-0.2, 0) is 12.8 Å². The van der Waals surface area contributed by atoms with Crippen LogP contribution >= 0.6 is 0 Å². The largest absolute Gasteiger partial charge is 0.327 e. The number of rotatable bonds is 9. The van der Waals surface area contributed by atoms with Crippen molar-refractivity contribution in [2.45, 2.75) is 57.4 Å². The van der Waals surface area contributed by atoms with E-state index in [1.54, 1.807) is 0 Å². The van der Waals surface area contributed by atoms with E-state index in [-0.39, 0.29) is 6.04 Å². The van der Waals surface area contributed by atoms with Crippen molar-refractivity contribution in [1.82, 2.24) is 0 Å². The highest BCUT2D eigenvalue weighted by Gasteiger charge is 2.20. The summed E-state index contributed by atoms with van der Waals surface area (Å²) in [7, 11) is 0. The van der Waals surface area contributed by atoms with Gasteiger partial charge in [0.1, 0.15) is 0 Å². The van der Waals surface area contributed by atoms with Gasteiger partial charge in [0.25, 0.3) is 0 Å². The second-order valence-corrected chi connectivity index (χ2v) is 8.14. The van der Waals surface area contributed by atoms with Crippen molar-refractivity contribution in [3.63, 3.8) is 0 Å². The van der Waals surface area contributed by atoms with E-state index in [1.165, 1.54) is 22.3 Å². The second kappa shape index (κ2) is 10.2. The first-order valence-corrected chi connectivity index (χ1v) is 10.6. The van der Waals surface area contributed by atoms with Crippen LogP contribution in [0.25, 0.3) is 0 Å². The van der Waals surface area contributed by atoms with Crippen molar-refractivity contribution in [3.05, 3.63) is 107 Å². The fourth-order valence-corrected chi connectivity index (χ4v) is 3.92. The minimum absolute atomic E-state index is 0.159. The normalized spacial score (nSPS) is 13.4. The maximum absolute atomic E-state index is 6.79. The van der Waals surface area contributed by atoms with Gasteiger partial charge in [-0.2, -0.15) is 0 Å². The summed E-state index contributed by atoms with van der Waals surface area (Å²) in [4.78, 5) is 0. The maximum Gasteiger partial charge on any atom is 0.0111 e. The Morgan fingerprint density at radius 1 is 0.643 bits per heavy atom. The predicted molar refractivity (Wildman–Crippen MR) is 121 cm³/mol. The van der Waals surface area contributed by atoms with Gasteiger partial charge in [-0.3, -0.25) is 0 Å². The van der Waals surface area contributed by atoms with E-state index in [0.717, 1.165) is 25.7 Å². The smallest absolute Gasteiger partial charge is 0.0111 e. The van der Waals surface area contributed by atoms with Gasteiger partial charge < -0.3 is 5.73 Å². The Labute approximate surface area is 170 Å². The molecule has 0 spiro atoms. The fraction of sp³-hybridized carbons (Fsp3) is 0.333. The van der Waals surface area contributed by atoms with E-state index in [2.05, 4.69) is 98.8 Å². The number of hydrogen-bond donors (Lipinski definition) is 1. The van der Waals surface area contributed by atoms with E-state index in [1.807, 2.05) is 0 Å². The molecule has 146 valence electrons. The summed E-state index contributed by atoms with van der Waals surface area (Å²) >= 11 is 0. The van der Waals surface area contributed by atoms with Gasteiger partial charge in [0, 0.05) is 6.04 Å². The quantitative estimate of drug-likeness (QED) is 0.457. The molecule has 0 radical (unpaired) electrons. The summed E-state index contributed by atoms with van der Waals surface area (Å²) in [6, 6.07) is 30.7. The molecule has 0 aromatic heterocycles. The molecule has 0 aliphatic heterocycles. The summed E-state index contributed by atoms with van der Waals surface area (Å²) in [5.74, 6) is 0.915. The zero-order valence-corrected chi connectivity index (χ0v) is 17.2. The van der Waals surface area contributed by atoms with Crippen LogP contribution in [0.15, 0.2) is 84.9 Å². The molecule has 2 atom stereocenters. The molecule has 1 heteroatoms. The summed E-state index contributed by atoms with van der Waals surface area (Å²) in [5.41, 5.74) is 12.3. The molecule has 3 aromatic rings. The molecule has 2 N–H and O–H groups in total. The molecule has 3 aromatic carbocycles. The Hall–Kier alpha value is -2.38.